The zero-order valence-electron chi connectivity index (χ0n) is 11.4. The molecular weight excluding hydrogens is 280 g/mol. The SMILES string of the molecule is CCN(CCC#N)S(=O)(=O)c1cccc(C(=O)OC)c1. The molecule has 0 fully saturated rings. The van der Waals surface area contributed by atoms with Crippen LogP contribution in [0.25, 0.3) is 0 Å². The van der Waals surface area contributed by atoms with Gasteiger partial charge in [0.2, 0.25) is 10.0 Å². The molecule has 1 aromatic carbocycles. The third-order valence-electron chi connectivity index (χ3n) is 2.72. The van der Waals surface area contributed by atoms with Gasteiger partial charge < -0.3 is 4.74 Å². The molecule has 0 atom stereocenters. The van der Waals surface area contributed by atoms with Gasteiger partial charge in [-0.15, -0.1) is 0 Å². The fourth-order valence-corrected chi connectivity index (χ4v) is 3.17. The Bertz CT molecular complexity index is 620. The molecule has 0 spiro atoms. The number of esters is 1. The van der Waals surface area contributed by atoms with Gasteiger partial charge in [-0.05, 0) is 18.2 Å². The largest absolute Gasteiger partial charge is 0.465 e. The van der Waals surface area contributed by atoms with E-state index >= 15 is 0 Å². The number of benzene rings is 1. The number of carbonyl (C=O) groups is 1. The Morgan fingerprint density at radius 1 is 1.45 bits per heavy atom. The quantitative estimate of drug-likeness (QED) is 0.740. The number of ether oxygens (including phenoxy) is 1. The second kappa shape index (κ2) is 7.03. The molecule has 0 aromatic heterocycles. The van der Waals surface area contributed by atoms with Crippen LogP contribution in [0, 0.1) is 11.3 Å². The second-order valence-corrected chi connectivity index (χ2v) is 5.86. The summed E-state index contributed by atoms with van der Waals surface area (Å²) >= 11 is 0. The minimum Gasteiger partial charge on any atom is -0.465 e. The molecule has 1 rings (SSSR count). The van der Waals surface area contributed by atoms with Gasteiger partial charge in [0.25, 0.3) is 0 Å². The molecule has 0 radical (unpaired) electrons. The topological polar surface area (TPSA) is 87.5 Å². The molecule has 0 saturated heterocycles. The van der Waals surface area contributed by atoms with Crippen molar-refractivity contribution in [2.75, 3.05) is 20.2 Å². The minimum absolute atomic E-state index is 0.0141. The van der Waals surface area contributed by atoms with Gasteiger partial charge in [-0.1, -0.05) is 13.0 Å². The van der Waals surface area contributed by atoms with Crippen molar-refractivity contribution in [3.05, 3.63) is 29.8 Å². The van der Waals surface area contributed by atoms with Crippen LogP contribution >= 0.6 is 0 Å². The summed E-state index contributed by atoms with van der Waals surface area (Å²) in [4.78, 5) is 11.4. The zero-order chi connectivity index (χ0) is 15.2. The lowest BCUT2D eigenvalue weighted by molar-refractivity contribution is 0.0600. The number of nitrogens with zero attached hydrogens (tertiary/aromatic N) is 2. The average molecular weight is 296 g/mol. The summed E-state index contributed by atoms with van der Waals surface area (Å²) in [6.45, 7) is 2.07. The van der Waals surface area contributed by atoms with Crippen LogP contribution in [0.5, 0.6) is 0 Å². The van der Waals surface area contributed by atoms with Crippen LogP contribution in [0.1, 0.15) is 23.7 Å². The van der Waals surface area contributed by atoms with Crippen LogP contribution < -0.4 is 0 Å². The summed E-state index contributed by atoms with van der Waals surface area (Å²) < 4.78 is 30.6. The van der Waals surface area contributed by atoms with E-state index in [0.29, 0.717) is 0 Å². The molecule has 6 nitrogen and oxygen atoms in total. The fraction of sp³-hybridized carbons (Fsp3) is 0.385. The summed E-state index contributed by atoms with van der Waals surface area (Å²) in [5.41, 5.74) is 0.171. The van der Waals surface area contributed by atoms with Gasteiger partial charge in [-0.2, -0.15) is 9.57 Å². The predicted molar refractivity (Wildman–Crippen MR) is 72.4 cm³/mol. The number of nitriles is 1. The van der Waals surface area contributed by atoms with Crippen LogP contribution in [-0.4, -0.2) is 38.9 Å². The highest BCUT2D eigenvalue weighted by Gasteiger charge is 2.23. The third-order valence-corrected chi connectivity index (χ3v) is 4.69. The maximum atomic E-state index is 12.4. The van der Waals surface area contributed by atoms with Crippen LogP contribution in [0.15, 0.2) is 29.2 Å². The molecule has 0 aliphatic heterocycles. The monoisotopic (exact) mass is 296 g/mol. The number of hydrogen-bond donors (Lipinski definition) is 0. The van der Waals surface area contributed by atoms with Gasteiger partial charge in [-0.3, -0.25) is 0 Å². The van der Waals surface area contributed by atoms with E-state index in [1.165, 1.54) is 35.7 Å². The summed E-state index contributed by atoms with van der Waals surface area (Å²) in [7, 11) is -2.48. The Morgan fingerprint density at radius 2 is 2.15 bits per heavy atom. The number of hydrogen-bond acceptors (Lipinski definition) is 5. The van der Waals surface area contributed by atoms with E-state index in [1.54, 1.807) is 6.92 Å². The normalized spacial score (nSPS) is 11.1. The molecule has 0 amide bonds. The number of rotatable bonds is 6. The number of sulfonamides is 1. The highest BCUT2D eigenvalue weighted by molar-refractivity contribution is 7.89. The third kappa shape index (κ3) is 3.56. The molecule has 7 heteroatoms. The Kier molecular flexibility index (Phi) is 5.67. The Hall–Kier alpha value is -1.91. The van der Waals surface area contributed by atoms with Crippen LogP contribution in [0.3, 0.4) is 0 Å². The summed E-state index contributed by atoms with van der Waals surface area (Å²) in [6, 6.07) is 7.57. The number of carbonyl (C=O) groups excluding carboxylic acids is 1. The molecule has 0 saturated carbocycles. The molecule has 0 heterocycles. The van der Waals surface area contributed by atoms with Gasteiger partial charge >= 0.3 is 5.97 Å². The van der Waals surface area contributed by atoms with E-state index in [9.17, 15) is 13.2 Å². The van der Waals surface area contributed by atoms with Crippen molar-refractivity contribution >= 4 is 16.0 Å². The van der Waals surface area contributed by atoms with Gasteiger partial charge in [0, 0.05) is 19.5 Å². The highest BCUT2D eigenvalue weighted by Crippen LogP contribution is 2.17. The van der Waals surface area contributed by atoms with Crippen molar-refractivity contribution in [3.63, 3.8) is 0 Å². The van der Waals surface area contributed by atoms with Crippen LogP contribution in [0.2, 0.25) is 0 Å². The second-order valence-electron chi connectivity index (χ2n) is 3.92. The first-order chi connectivity index (χ1) is 9.47. The van der Waals surface area contributed by atoms with E-state index in [1.807, 2.05) is 6.07 Å². The molecule has 1 aromatic rings. The van der Waals surface area contributed by atoms with Crippen molar-refractivity contribution in [1.29, 1.82) is 5.26 Å². The maximum absolute atomic E-state index is 12.4. The maximum Gasteiger partial charge on any atom is 0.337 e. The standard InChI is InChI=1S/C13H16N2O4S/c1-3-15(9-5-8-14)20(17,18)12-7-4-6-11(10-12)13(16)19-2/h4,6-7,10H,3,5,9H2,1-2H3. The van der Waals surface area contributed by atoms with E-state index in [2.05, 4.69) is 4.74 Å². The molecule has 108 valence electrons. The van der Waals surface area contributed by atoms with Crippen LogP contribution in [0.4, 0.5) is 0 Å². The lowest BCUT2D eigenvalue weighted by atomic mass is 10.2. The Labute approximate surface area is 118 Å². The van der Waals surface area contributed by atoms with Crippen molar-refractivity contribution in [1.82, 2.24) is 4.31 Å². The Morgan fingerprint density at radius 3 is 2.70 bits per heavy atom. The molecule has 20 heavy (non-hydrogen) atoms. The number of methoxy groups -OCH3 is 1. The highest BCUT2D eigenvalue weighted by atomic mass is 32.2. The first-order valence-corrected chi connectivity index (χ1v) is 7.46. The molecular formula is C13H16N2O4S. The molecule has 0 aliphatic rings. The summed E-state index contributed by atoms with van der Waals surface area (Å²) in [5.74, 6) is -0.595. The zero-order valence-corrected chi connectivity index (χ0v) is 12.2. The van der Waals surface area contributed by atoms with Crippen molar-refractivity contribution in [2.45, 2.75) is 18.2 Å². The van der Waals surface area contributed by atoms with E-state index in [0.717, 1.165) is 0 Å². The van der Waals surface area contributed by atoms with Gasteiger partial charge in [0.1, 0.15) is 0 Å². The lowest BCUT2D eigenvalue weighted by Gasteiger charge is -2.19. The van der Waals surface area contributed by atoms with Gasteiger partial charge in [-0.25, -0.2) is 13.2 Å². The summed E-state index contributed by atoms with van der Waals surface area (Å²) in [6.07, 6.45) is 0.115. The molecule has 0 aliphatic carbocycles. The first-order valence-electron chi connectivity index (χ1n) is 6.02. The first kappa shape index (κ1) is 16.1. The predicted octanol–water partition coefficient (Wildman–Crippen LogP) is 1.40. The molecule has 0 bridgehead atoms. The summed E-state index contributed by atoms with van der Waals surface area (Å²) in [5, 5.41) is 8.56. The van der Waals surface area contributed by atoms with Gasteiger partial charge in [0.15, 0.2) is 0 Å². The van der Waals surface area contributed by atoms with E-state index in [-0.39, 0.29) is 30.0 Å². The lowest BCUT2D eigenvalue weighted by Crippen LogP contribution is -2.31. The van der Waals surface area contributed by atoms with Crippen molar-refractivity contribution in [2.24, 2.45) is 0 Å². The van der Waals surface area contributed by atoms with E-state index < -0.39 is 16.0 Å². The fourth-order valence-electron chi connectivity index (χ4n) is 1.67. The average Bonchev–Trinajstić information content (AvgIpc) is 2.47. The molecule has 0 unspecified atom stereocenters. The van der Waals surface area contributed by atoms with Crippen LogP contribution in [-0.2, 0) is 14.8 Å². The van der Waals surface area contributed by atoms with Crippen molar-refractivity contribution < 1.29 is 17.9 Å². The minimum atomic E-state index is -3.71. The smallest absolute Gasteiger partial charge is 0.337 e. The molecule has 0 N–H and O–H groups in total. The Balaban J connectivity index is 3.14. The van der Waals surface area contributed by atoms with Gasteiger partial charge in [0.05, 0.1) is 23.6 Å². The van der Waals surface area contributed by atoms with E-state index in [4.69, 9.17) is 5.26 Å². The van der Waals surface area contributed by atoms with Crippen molar-refractivity contribution in [3.8, 4) is 6.07 Å².